The highest BCUT2D eigenvalue weighted by Gasteiger charge is 2.30. The van der Waals surface area contributed by atoms with Crippen molar-refractivity contribution < 1.29 is 0 Å². The second-order valence-electron chi connectivity index (χ2n) is 6.30. The summed E-state index contributed by atoms with van der Waals surface area (Å²) in [7, 11) is 0. The zero-order valence-corrected chi connectivity index (χ0v) is 12.5. The molecule has 21 heavy (non-hydrogen) atoms. The Bertz CT molecular complexity index is 640. The van der Waals surface area contributed by atoms with Crippen LogP contribution in [-0.4, -0.2) is 21.3 Å². The van der Waals surface area contributed by atoms with Gasteiger partial charge in [-0.05, 0) is 30.9 Å². The molecular weight excluding hydrogens is 260 g/mol. The van der Waals surface area contributed by atoms with Crippen molar-refractivity contribution in [3.8, 4) is 0 Å². The summed E-state index contributed by atoms with van der Waals surface area (Å²) in [6.45, 7) is 4.02. The summed E-state index contributed by atoms with van der Waals surface area (Å²) in [5.41, 5.74) is 2.82. The van der Waals surface area contributed by atoms with E-state index in [4.69, 9.17) is 0 Å². The van der Waals surface area contributed by atoms with Gasteiger partial charge < -0.3 is 9.88 Å². The van der Waals surface area contributed by atoms with Crippen LogP contribution in [-0.2, 0) is 6.54 Å². The van der Waals surface area contributed by atoms with Crippen LogP contribution in [0.3, 0.4) is 0 Å². The molecule has 1 unspecified atom stereocenters. The number of rotatable bonds is 2. The molecule has 4 heteroatoms. The maximum Gasteiger partial charge on any atom is 0.142 e. The smallest absolute Gasteiger partial charge is 0.142 e. The van der Waals surface area contributed by atoms with Crippen LogP contribution < -0.4 is 5.32 Å². The first-order valence-corrected chi connectivity index (χ1v) is 8.04. The number of nitrogens with one attached hydrogen (secondary N) is 1. The molecular formula is C17H22N4. The van der Waals surface area contributed by atoms with E-state index in [0.29, 0.717) is 12.0 Å². The summed E-state index contributed by atoms with van der Waals surface area (Å²) < 4.78 is 2.42. The number of benzene rings is 1. The van der Waals surface area contributed by atoms with Crippen molar-refractivity contribution in [1.29, 1.82) is 0 Å². The topological polar surface area (TPSA) is 42.7 Å². The normalized spacial score (nSPS) is 22.4. The molecule has 1 saturated carbocycles. The van der Waals surface area contributed by atoms with Gasteiger partial charge in [0.1, 0.15) is 11.6 Å². The van der Waals surface area contributed by atoms with E-state index in [1.165, 1.54) is 36.8 Å². The number of fused-ring (bicyclic) bond motifs is 1. The molecule has 2 aliphatic rings. The fraction of sp³-hybridized carbons (Fsp3) is 0.529. The van der Waals surface area contributed by atoms with Gasteiger partial charge in [0, 0.05) is 19.1 Å². The third-order valence-corrected chi connectivity index (χ3v) is 4.99. The average molecular weight is 282 g/mol. The zero-order valence-electron chi connectivity index (χ0n) is 12.5. The number of aromatic nitrogens is 3. The van der Waals surface area contributed by atoms with Gasteiger partial charge in [0.25, 0.3) is 0 Å². The van der Waals surface area contributed by atoms with Gasteiger partial charge in [-0.25, -0.2) is 0 Å². The van der Waals surface area contributed by atoms with Crippen molar-refractivity contribution in [1.82, 2.24) is 20.1 Å². The van der Waals surface area contributed by atoms with E-state index < -0.39 is 0 Å². The molecule has 1 N–H and O–H groups in total. The first-order valence-electron chi connectivity index (χ1n) is 8.04. The molecule has 4 nitrogen and oxygen atoms in total. The molecule has 4 rings (SSSR count). The second-order valence-corrected chi connectivity index (χ2v) is 6.30. The summed E-state index contributed by atoms with van der Waals surface area (Å²) in [4.78, 5) is 0. The fourth-order valence-corrected chi connectivity index (χ4v) is 3.96. The third kappa shape index (κ3) is 2.18. The van der Waals surface area contributed by atoms with Gasteiger partial charge >= 0.3 is 0 Å². The molecule has 1 aromatic heterocycles. The largest absolute Gasteiger partial charge is 0.312 e. The predicted molar refractivity (Wildman–Crippen MR) is 82.3 cm³/mol. The van der Waals surface area contributed by atoms with Crippen LogP contribution in [0.5, 0.6) is 0 Å². The zero-order chi connectivity index (χ0) is 14.2. The Morgan fingerprint density at radius 3 is 2.81 bits per heavy atom. The lowest BCUT2D eigenvalue weighted by Crippen LogP contribution is -2.31. The monoisotopic (exact) mass is 282 g/mol. The van der Waals surface area contributed by atoms with Gasteiger partial charge in [-0.1, -0.05) is 37.1 Å². The van der Waals surface area contributed by atoms with Crippen LogP contribution in [0.15, 0.2) is 24.3 Å². The van der Waals surface area contributed by atoms with Crippen LogP contribution in [0.4, 0.5) is 0 Å². The summed E-state index contributed by atoms with van der Waals surface area (Å²) in [6.07, 6.45) is 5.21. The van der Waals surface area contributed by atoms with E-state index in [9.17, 15) is 0 Å². The van der Waals surface area contributed by atoms with E-state index in [1.54, 1.807) is 0 Å². The van der Waals surface area contributed by atoms with Crippen molar-refractivity contribution in [2.45, 2.75) is 51.1 Å². The third-order valence-electron chi connectivity index (χ3n) is 4.99. The van der Waals surface area contributed by atoms with Crippen LogP contribution in [0, 0.1) is 6.92 Å². The quantitative estimate of drug-likeness (QED) is 0.921. The number of aryl methyl sites for hydroxylation is 1. The number of hydrogen-bond donors (Lipinski definition) is 1. The molecule has 1 aromatic carbocycles. The van der Waals surface area contributed by atoms with E-state index in [1.807, 2.05) is 0 Å². The minimum absolute atomic E-state index is 0.330. The van der Waals surface area contributed by atoms with Gasteiger partial charge in [-0.15, -0.1) is 10.2 Å². The minimum atomic E-state index is 0.330. The molecule has 0 saturated heterocycles. The Morgan fingerprint density at radius 1 is 1.14 bits per heavy atom. The molecule has 0 radical (unpaired) electrons. The van der Waals surface area contributed by atoms with Gasteiger partial charge in [0.15, 0.2) is 0 Å². The Morgan fingerprint density at radius 2 is 1.95 bits per heavy atom. The van der Waals surface area contributed by atoms with Crippen LogP contribution in [0.25, 0.3) is 0 Å². The lowest BCUT2D eigenvalue weighted by Gasteiger charge is -2.27. The van der Waals surface area contributed by atoms with E-state index in [2.05, 4.69) is 51.3 Å². The Kier molecular flexibility index (Phi) is 3.26. The molecule has 0 spiro atoms. The molecule has 0 bridgehead atoms. The van der Waals surface area contributed by atoms with Crippen LogP contribution in [0.1, 0.15) is 60.4 Å². The van der Waals surface area contributed by atoms with Crippen molar-refractivity contribution in [3.05, 3.63) is 47.0 Å². The van der Waals surface area contributed by atoms with Gasteiger partial charge in [-0.3, -0.25) is 0 Å². The fourth-order valence-electron chi connectivity index (χ4n) is 3.96. The molecule has 1 aliphatic heterocycles. The van der Waals surface area contributed by atoms with Crippen molar-refractivity contribution in [3.63, 3.8) is 0 Å². The lowest BCUT2D eigenvalue weighted by atomic mass is 9.90. The molecule has 2 aromatic rings. The van der Waals surface area contributed by atoms with Gasteiger partial charge in [0.2, 0.25) is 0 Å². The molecule has 110 valence electrons. The van der Waals surface area contributed by atoms with Crippen LogP contribution >= 0.6 is 0 Å². The molecule has 1 aliphatic carbocycles. The van der Waals surface area contributed by atoms with Gasteiger partial charge in [-0.2, -0.15) is 0 Å². The van der Waals surface area contributed by atoms with Crippen LogP contribution in [0.2, 0.25) is 0 Å². The summed E-state index contributed by atoms with van der Waals surface area (Å²) in [5, 5.41) is 12.5. The highest BCUT2D eigenvalue weighted by molar-refractivity contribution is 5.36. The summed E-state index contributed by atoms with van der Waals surface area (Å²) in [5.74, 6) is 2.55. The number of nitrogens with zero attached hydrogens (tertiary/aromatic N) is 3. The Balaban J connectivity index is 1.78. The standard InChI is InChI=1S/C17H22N4/c1-12-19-20-17(21(12)14-7-3-4-8-14)16-11-18-10-13-6-2-5-9-15(13)16/h2,5-6,9,14,16,18H,3-4,7-8,10-11H2,1H3. The Hall–Kier alpha value is -1.68. The van der Waals surface area contributed by atoms with E-state index in [0.717, 1.165) is 24.7 Å². The average Bonchev–Trinajstić information content (AvgIpc) is 3.16. The number of hydrogen-bond acceptors (Lipinski definition) is 3. The first-order chi connectivity index (χ1) is 10.3. The highest BCUT2D eigenvalue weighted by Crippen LogP contribution is 2.35. The van der Waals surface area contributed by atoms with Crippen molar-refractivity contribution >= 4 is 0 Å². The molecule has 1 atom stereocenters. The highest BCUT2D eigenvalue weighted by atomic mass is 15.3. The second kappa shape index (κ2) is 5.26. The van der Waals surface area contributed by atoms with Gasteiger partial charge in [0.05, 0.1) is 5.92 Å². The minimum Gasteiger partial charge on any atom is -0.312 e. The van der Waals surface area contributed by atoms with E-state index >= 15 is 0 Å². The summed E-state index contributed by atoms with van der Waals surface area (Å²) >= 11 is 0. The van der Waals surface area contributed by atoms with Crippen molar-refractivity contribution in [2.24, 2.45) is 0 Å². The first kappa shape index (κ1) is 13.0. The predicted octanol–water partition coefficient (Wildman–Crippen LogP) is 2.94. The summed E-state index contributed by atoms with van der Waals surface area (Å²) in [6, 6.07) is 9.33. The molecule has 1 fully saturated rings. The SMILES string of the molecule is Cc1nnc(C2CNCc3ccccc32)n1C1CCCC1. The maximum atomic E-state index is 4.56. The van der Waals surface area contributed by atoms with Crippen molar-refractivity contribution in [2.75, 3.05) is 6.54 Å². The molecule has 2 heterocycles. The molecule has 0 amide bonds. The van der Waals surface area contributed by atoms with E-state index in [-0.39, 0.29) is 0 Å². The Labute approximate surface area is 125 Å². The maximum absolute atomic E-state index is 4.56. The lowest BCUT2D eigenvalue weighted by molar-refractivity contribution is 0.462.